The second-order valence-corrected chi connectivity index (χ2v) is 6.65. The Balaban J connectivity index is 1.88. The van der Waals surface area contributed by atoms with Crippen LogP contribution in [0.15, 0.2) is 24.3 Å². The monoisotopic (exact) mass is 337 g/mol. The van der Waals surface area contributed by atoms with Crippen LogP contribution >= 0.6 is 11.6 Å². The number of nitrogens with zero attached hydrogens (tertiary/aromatic N) is 2. The van der Waals surface area contributed by atoms with E-state index in [4.69, 9.17) is 17.3 Å². The van der Waals surface area contributed by atoms with Crippen LogP contribution in [0.2, 0.25) is 5.02 Å². The Kier molecular flexibility index (Phi) is 6.02. The van der Waals surface area contributed by atoms with Gasteiger partial charge in [0, 0.05) is 31.2 Å². The van der Waals surface area contributed by atoms with Gasteiger partial charge in [0.05, 0.1) is 12.5 Å². The molecular formula is C17H24ClN3O2. The number of hydrogen-bond acceptors (Lipinski definition) is 3. The molecule has 5 nitrogen and oxygen atoms in total. The summed E-state index contributed by atoms with van der Waals surface area (Å²) in [6, 6.07) is 6.90. The molecule has 1 aliphatic rings. The van der Waals surface area contributed by atoms with E-state index in [2.05, 4.69) is 0 Å². The molecule has 1 aromatic rings. The Morgan fingerprint density at radius 3 is 2.26 bits per heavy atom. The van der Waals surface area contributed by atoms with Gasteiger partial charge < -0.3 is 15.5 Å². The first kappa shape index (κ1) is 17.8. The number of nitrogens with two attached hydrogens (primary N) is 1. The maximum Gasteiger partial charge on any atom is 0.239 e. The van der Waals surface area contributed by atoms with Gasteiger partial charge in [-0.1, -0.05) is 43.6 Å². The molecule has 1 heterocycles. The van der Waals surface area contributed by atoms with Gasteiger partial charge in [0.2, 0.25) is 11.8 Å². The van der Waals surface area contributed by atoms with E-state index in [0.29, 0.717) is 37.6 Å². The molecule has 1 aliphatic heterocycles. The number of carbonyl (C=O) groups is 2. The van der Waals surface area contributed by atoms with Crippen molar-refractivity contribution in [1.82, 2.24) is 9.80 Å². The van der Waals surface area contributed by atoms with E-state index in [-0.39, 0.29) is 17.7 Å². The molecule has 0 saturated carbocycles. The Morgan fingerprint density at radius 1 is 1.13 bits per heavy atom. The summed E-state index contributed by atoms with van der Waals surface area (Å²) in [5, 5.41) is 0.609. The first-order chi connectivity index (χ1) is 10.9. The zero-order chi connectivity index (χ0) is 17.0. The average molecular weight is 338 g/mol. The summed E-state index contributed by atoms with van der Waals surface area (Å²) in [5.41, 5.74) is 6.75. The number of rotatable bonds is 4. The third-order valence-electron chi connectivity index (χ3n) is 4.25. The van der Waals surface area contributed by atoms with Crippen LogP contribution in [0.4, 0.5) is 0 Å². The average Bonchev–Trinajstić information content (AvgIpc) is 2.55. The lowest BCUT2D eigenvalue weighted by molar-refractivity contribution is -0.140. The predicted molar refractivity (Wildman–Crippen MR) is 91.1 cm³/mol. The summed E-state index contributed by atoms with van der Waals surface area (Å²) in [6.07, 6.45) is 0.291. The van der Waals surface area contributed by atoms with Crippen LogP contribution in [0.3, 0.4) is 0 Å². The molecule has 2 N–H and O–H groups in total. The molecule has 0 spiro atoms. The maximum absolute atomic E-state index is 12.4. The van der Waals surface area contributed by atoms with Crippen molar-refractivity contribution >= 4 is 23.4 Å². The molecule has 1 aromatic carbocycles. The van der Waals surface area contributed by atoms with Crippen LogP contribution < -0.4 is 5.73 Å². The van der Waals surface area contributed by atoms with E-state index in [1.807, 2.05) is 32.0 Å². The van der Waals surface area contributed by atoms with Crippen molar-refractivity contribution in [3.05, 3.63) is 34.9 Å². The maximum atomic E-state index is 12.4. The van der Waals surface area contributed by atoms with E-state index < -0.39 is 6.04 Å². The highest BCUT2D eigenvalue weighted by Gasteiger charge is 2.28. The van der Waals surface area contributed by atoms with E-state index >= 15 is 0 Å². The van der Waals surface area contributed by atoms with Crippen LogP contribution in [0.25, 0.3) is 0 Å². The van der Waals surface area contributed by atoms with Gasteiger partial charge in [-0.3, -0.25) is 9.59 Å². The molecular weight excluding hydrogens is 314 g/mol. The van der Waals surface area contributed by atoms with Gasteiger partial charge in [-0.05, 0) is 17.5 Å². The first-order valence-electron chi connectivity index (χ1n) is 7.95. The van der Waals surface area contributed by atoms with Crippen molar-refractivity contribution < 1.29 is 9.59 Å². The number of hydrogen-bond donors (Lipinski definition) is 1. The number of halogens is 1. The van der Waals surface area contributed by atoms with Crippen LogP contribution in [0, 0.1) is 5.92 Å². The molecule has 1 atom stereocenters. The summed E-state index contributed by atoms with van der Waals surface area (Å²) in [4.78, 5) is 28.1. The topological polar surface area (TPSA) is 66.6 Å². The normalized spacial score (nSPS) is 16.6. The fourth-order valence-corrected chi connectivity index (χ4v) is 2.79. The van der Waals surface area contributed by atoms with E-state index in [1.165, 1.54) is 0 Å². The molecule has 1 unspecified atom stereocenters. The van der Waals surface area contributed by atoms with Gasteiger partial charge in [-0.2, -0.15) is 0 Å². The minimum atomic E-state index is -0.472. The Hall–Kier alpha value is -1.59. The van der Waals surface area contributed by atoms with Gasteiger partial charge in [0.15, 0.2) is 0 Å². The lowest BCUT2D eigenvalue weighted by Crippen LogP contribution is -2.55. The van der Waals surface area contributed by atoms with E-state index in [0.717, 1.165) is 5.56 Å². The number of benzene rings is 1. The summed E-state index contributed by atoms with van der Waals surface area (Å²) in [5.74, 6) is 0.124. The molecule has 126 valence electrons. The number of amides is 2. The molecule has 0 radical (unpaired) electrons. The third-order valence-corrected chi connectivity index (χ3v) is 4.62. The molecule has 6 heteroatoms. The molecule has 1 fully saturated rings. The first-order valence-corrected chi connectivity index (χ1v) is 8.33. The molecule has 2 amide bonds. The van der Waals surface area contributed by atoms with Crippen molar-refractivity contribution in [2.24, 2.45) is 11.7 Å². The van der Waals surface area contributed by atoms with Crippen LogP contribution in [-0.4, -0.2) is 53.8 Å². The largest absolute Gasteiger partial charge is 0.339 e. The SMILES string of the molecule is CC(C)C(N)C(=O)N1CCN(C(=O)Cc2ccccc2Cl)CC1. The molecule has 0 aliphatic carbocycles. The Morgan fingerprint density at radius 2 is 1.70 bits per heavy atom. The van der Waals surface area contributed by atoms with E-state index in [1.54, 1.807) is 15.9 Å². The predicted octanol–water partition coefficient (Wildman–Crippen LogP) is 1.54. The third kappa shape index (κ3) is 4.45. The van der Waals surface area contributed by atoms with Crippen LogP contribution in [0.1, 0.15) is 19.4 Å². The molecule has 23 heavy (non-hydrogen) atoms. The highest BCUT2D eigenvalue weighted by molar-refractivity contribution is 6.31. The van der Waals surface area contributed by atoms with Crippen LogP contribution in [0.5, 0.6) is 0 Å². The second-order valence-electron chi connectivity index (χ2n) is 6.24. The number of carbonyl (C=O) groups excluding carboxylic acids is 2. The smallest absolute Gasteiger partial charge is 0.239 e. The summed E-state index contributed by atoms with van der Waals surface area (Å²) < 4.78 is 0. The standard InChI is InChI=1S/C17H24ClN3O2/c1-12(2)16(19)17(23)21-9-7-20(8-10-21)15(22)11-13-5-3-4-6-14(13)18/h3-6,12,16H,7-11,19H2,1-2H3. The lowest BCUT2D eigenvalue weighted by Gasteiger charge is -2.36. The lowest BCUT2D eigenvalue weighted by atomic mass is 10.0. The minimum absolute atomic E-state index is 0.0294. The summed E-state index contributed by atoms with van der Waals surface area (Å²) in [7, 11) is 0. The summed E-state index contributed by atoms with van der Waals surface area (Å²) >= 11 is 6.10. The van der Waals surface area contributed by atoms with Crippen molar-refractivity contribution in [2.75, 3.05) is 26.2 Å². The van der Waals surface area contributed by atoms with Gasteiger partial charge in [-0.15, -0.1) is 0 Å². The fraction of sp³-hybridized carbons (Fsp3) is 0.529. The summed E-state index contributed by atoms with van der Waals surface area (Å²) in [6.45, 7) is 6.03. The fourth-order valence-electron chi connectivity index (χ4n) is 2.59. The van der Waals surface area contributed by atoms with Gasteiger partial charge >= 0.3 is 0 Å². The molecule has 0 bridgehead atoms. The van der Waals surface area contributed by atoms with Crippen molar-refractivity contribution in [2.45, 2.75) is 26.3 Å². The highest BCUT2D eigenvalue weighted by Crippen LogP contribution is 2.17. The van der Waals surface area contributed by atoms with Crippen molar-refractivity contribution in [3.8, 4) is 0 Å². The zero-order valence-electron chi connectivity index (χ0n) is 13.7. The van der Waals surface area contributed by atoms with Gasteiger partial charge in [-0.25, -0.2) is 0 Å². The van der Waals surface area contributed by atoms with Gasteiger partial charge in [0.25, 0.3) is 0 Å². The zero-order valence-corrected chi connectivity index (χ0v) is 14.4. The van der Waals surface area contributed by atoms with Crippen LogP contribution in [-0.2, 0) is 16.0 Å². The second kappa shape index (κ2) is 7.79. The molecule has 1 saturated heterocycles. The quantitative estimate of drug-likeness (QED) is 0.906. The van der Waals surface area contributed by atoms with Crippen molar-refractivity contribution in [1.29, 1.82) is 0 Å². The number of piperazine rings is 1. The van der Waals surface area contributed by atoms with E-state index in [9.17, 15) is 9.59 Å². The minimum Gasteiger partial charge on any atom is -0.339 e. The highest BCUT2D eigenvalue weighted by atomic mass is 35.5. The molecule has 0 aromatic heterocycles. The molecule has 2 rings (SSSR count). The van der Waals surface area contributed by atoms with Gasteiger partial charge in [0.1, 0.15) is 0 Å². The Bertz CT molecular complexity index is 569. The Labute approximate surface area is 142 Å². The van der Waals surface area contributed by atoms with Crippen molar-refractivity contribution in [3.63, 3.8) is 0 Å².